The Morgan fingerprint density at radius 2 is 2.29 bits per heavy atom. The number of carbonyl (C=O) groups is 1. The molecular formula is C9H11NO4. The number of carboxylic acid groups (broad SMARTS) is 1. The molecule has 0 aliphatic rings. The van der Waals surface area contributed by atoms with Crippen molar-refractivity contribution < 1.29 is 19.7 Å². The van der Waals surface area contributed by atoms with Gasteiger partial charge in [0, 0.05) is 17.3 Å². The molecule has 0 radical (unpaired) electrons. The highest BCUT2D eigenvalue weighted by atomic mass is 16.5. The van der Waals surface area contributed by atoms with Gasteiger partial charge in [0.05, 0.1) is 7.11 Å². The van der Waals surface area contributed by atoms with Gasteiger partial charge < -0.3 is 14.9 Å². The Bertz CT molecular complexity index is 351. The van der Waals surface area contributed by atoms with Crippen LogP contribution in [0.2, 0.25) is 0 Å². The molecule has 5 nitrogen and oxygen atoms in total. The number of hydrogen-bond acceptors (Lipinski definition) is 4. The number of ether oxygens (including phenoxy) is 1. The average Bonchev–Trinajstić information content (AvgIpc) is 2.16. The lowest BCUT2D eigenvalue weighted by Gasteiger charge is -2.08. The monoisotopic (exact) mass is 197 g/mol. The van der Waals surface area contributed by atoms with Crippen LogP contribution in [0, 0.1) is 6.92 Å². The van der Waals surface area contributed by atoms with Crippen molar-refractivity contribution in [2.45, 2.75) is 13.0 Å². The second-order valence-electron chi connectivity index (χ2n) is 2.84. The number of hydrogen-bond donors (Lipinski definition) is 2. The minimum atomic E-state index is -1.54. The Balaban J connectivity index is 3.02. The molecule has 0 spiro atoms. The second kappa shape index (κ2) is 4.06. The van der Waals surface area contributed by atoms with Gasteiger partial charge >= 0.3 is 5.97 Å². The molecular weight excluding hydrogens is 186 g/mol. The first kappa shape index (κ1) is 10.5. The van der Waals surface area contributed by atoms with Crippen LogP contribution in [0.15, 0.2) is 12.3 Å². The summed E-state index contributed by atoms with van der Waals surface area (Å²) in [7, 11) is 1.47. The van der Waals surface area contributed by atoms with Gasteiger partial charge in [-0.2, -0.15) is 0 Å². The van der Waals surface area contributed by atoms with Gasteiger partial charge in [0.25, 0.3) is 0 Å². The standard InChI is InChI=1S/C9H11NO4/c1-5-3-6(7(11)9(12)13)4-10-8(5)14-2/h3-4,7,11H,1-2H3,(H,12,13). The van der Waals surface area contributed by atoms with Gasteiger partial charge in [0.15, 0.2) is 6.10 Å². The summed E-state index contributed by atoms with van der Waals surface area (Å²) in [5.41, 5.74) is 0.932. The van der Waals surface area contributed by atoms with Crippen molar-refractivity contribution in [3.63, 3.8) is 0 Å². The zero-order valence-electron chi connectivity index (χ0n) is 7.89. The van der Waals surface area contributed by atoms with E-state index in [0.29, 0.717) is 11.4 Å². The van der Waals surface area contributed by atoms with Gasteiger partial charge in [-0.1, -0.05) is 0 Å². The Morgan fingerprint density at radius 3 is 2.71 bits per heavy atom. The number of rotatable bonds is 3. The van der Waals surface area contributed by atoms with Gasteiger partial charge in [-0.15, -0.1) is 0 Å². The molecule has 14 heavy (non-hydrogen) atoms. The van der Waals surface area contributed by atoms with Crippen molar-refractivity contribution in [2.75, 3.05) is 7.11 Å². The zero-order valence-corrected chi connectivity index (χ0v) is 7.89. The molecule has 0 aliphatic carbocycles. The van der Waals surface area contributed by atoms with E-state index in [0.717, 1.165) is 0 Å². The van der Waals surface area contributed by atoms with Crippen molar-refractivity contribution in [3.05, 3.63) is 23.4 Å². The van der Waals surface area contributed by atoms with E-state index in [-0.39, 0.29) is 5.56 Å². The summed E-state index contributed by atoms with van der Waals surface area (Å²) in [6.45, 7) is 1.73. The Morgan fingerprint density at radius 1 is 1.64 bits per heavy atom. The predicted octanol–water partition coefficient (Wildman–Crippen LogP) is 0.517. The van der Waals surface area contributed by atoms with Gasteiger partial charge in [-0.3, -0.25) is 0 Å². The number of carboxylic acids is 1. The summed E-state index contributed by atoms with van der Waals surface area (Å²) in [4.78, 5) is 14.3. The topological polar surface area (TPSA) is 79.7 Å². The third-order valence-electron chi connectivity index (χ3n) is 1.79. The first-order valence-electron chi connectivity index (χ1n) is 3.97. The molecule has 0 aromatic carbocycles. The van der Waals surface area contributed by atoms with Crippen LogP contribution in [-0.2, 0) is 4.79 Å². The van der Waals surface area contributed by atoms with Crippen LogP contribution in [-0.4, -0.2) is 28.3 Å². The fourth-order valence-corrected chi connectivity index (χ4v) is 1.09. The molecule has 1 heterocycles. The largest absolute Gasteiger partial charge is 0.481 e. The van der Waals surface area contributed by atoms with E-state index in [4.69, 9.17) is 9.84 Å². The van der Waals surface area contributed by atoms with E-state index in [1.807, 2.05) is 0 Å². The van der Waals surface area contributed by atoms with Crippen LogP contribution in [0.5, 0.6) is 5.88 Å². The summed E-state index contributed by atoms with van der Waals surface area (Å²) < 4.78 is 4.90. The van der Waals surface area contributed by atoms with Crippen LogP contribution in [0.3, 0.4) is 0 Å². The van der Waals surface area contributed by atoms with Crippen LogP contribution >= 0.6 is 0 Å². The number of aliphatic hydroxyl groups excluding tert-OH is 1. The van der Waals surface area contributed by atoms with Gasteiger partial charge in [0.2, 0.25) is 5.88 Å². The molecule has 1 unspecified atom stereocenters. The number of aliphatic carboxylic acids is 1. The first-order valence-corrected chi connectivity index (χ1v) is 3.97. The summed E-state index contributed by atoms with van der Waals surface area (Å²) in [6, 6.07) is 1.53. The SMILES string of the molecule is COc1ncc(C(O)C(=O)O)cc1C. The van der Waals surface area contributed by atoms with Crippen LogP contribution in [0.1, 0.15) is 17.2 Å². The summed E-state index contributed by atoms with van der Waals surface area (Å²) in [5.74, 6) is -0.872. The van der Waals surface area contributed by atoms with E-state index >= 15 is 0 Å². The lowest BCUT2D eigenvalue weighted by molar-refractivity contribution is -0.146. The van der Waals surface area contributed by atoms with Crippen molar-refractivity contribution in [2.24, 2.45) is 0 Å². The number of nitrogens with zero attached hydrogens (tertiary/aromatic N) is 1. The number of aliphatic hydroxyl groups is 1. The fourth-order valence-electron chi connectivity index (χ4n) is 1.09. The Hall–Kier alpha value is -1.62. The highest BCUT2D eigenvalue weighted by Crippen LogP contribution is 2.19. The maximum Gasteiger partial charge on any atom is 0.337 e. The quantitative estimate of drug-likeness (QED) is 0.738. The van der Waals surface area contributed by atoms with Crippen molar-refractivity contribution in [1.29, 1.82) is 0 Å². The number of pyridine rings is 1. The average molecular weight is 197 g/mol. The molecule has 0 amide bonds. The molecule has 1 aromatic rings. The smallest absolute Gasteiger partial charge is 0.337 e. The molecule has 5 heteroatoms. The third-order valence-corrected chi connectivity index (χ3v) is 1.79. The number of aryl methyl sites for hydroxylation is 1. The Labute approximate surface area is 81.0 Å². The van der Waals surface area contributed by atoms with E-state index < -0.39 is 12.1 Å². The number of methoxy groups -OCH3 is 1. The first-order chi connectivity index (χ1) is 6.56. The molecule has 1 rings (SSSR count). The normalized spacial score (nSPS) is 12.2. The highest BCUT2D eigenvalue weighted by molar-refractivity contribution is 5.73. The van der Waals surface area contributed by atoms with Gasteiger partial charge in [0.1, 0.15) is 0 Å². The lowest BCUT2D eigenvalue weighted by atomic mass is 10.1. The molecule has 2 N–H and O–H groups in total. The van der Waals surface area contributed by atoms with E-state index in [1.54, 1.807) is 6.92 Å². The lowest BCUT2D eigenvalue weighted by Crippen LogP contribution is -2.11. The molecule has 0 saturated heterocycles. The predicted molar refractivity (Wildman–Crippen MR) is 48.1 cm³/mol. The minimum Gasteiger partial charge on any atom is -0.481 e. The van der Waals surface area contributed by atoms with Crippen molar-refractivity contribution >= 4 is 5.97 Å². The van der Waals surface area contributed by atoms with E-state index in [1.165, 1.54) is 19.4 Å². The molecule has 0 bridgehead atoms. The maximum absolute atomic E-state index is 10.5. The fraction of sp³-hybridized carbons (Fsp3) is 0.333. The third kappa shape index (κ3) is 2.00. The number of aromatic nitrogens is 1. The summed E-state index contributed by atoms with van der Waals surface area (Å²) >= 11 is 0. The summed E-state index contributed by atoms with van der Waals surface area (Å²) in [5, 5.41) is 17.7. The maximum atomic E-state index is 10.5. The molecule has 0 aliphatic heterocycles. The molecule has 1 atom stereocenters. The molecule has 0 fully saturated rings. The van der Waals surface area contributed by atoms with Crippen molar-refractivity contribution in [3.8, 4) is 5.88 Å². The van der Waals surface area contributed by atoms with Gasteiger partial charge in [-0.05, 0) is 13.0 Å². The molecule has 1 aromatic heterocycles. The van der Waals surface area contributed by atoms with Crippen LogP contribution in [0.25, 0.3) is 0 Å². The van der Waals surface area contributed by atoms with Crippen LogP contribution < -0.4 is 4.74 Å². The molecule has 0 saturated carbocycles. The van der Waals surface area contributed by atoms with Crippen molar-refractivity contribution in [1.82, 2.24) is 4.98 Å². The second-order valence-corrected chi connectivity index (χ2v) is 2.84. The van der Waals surface area contributed by atoms with Crippen LogP contribution in [0.4, 0.5) is 0 Å². The summed E-state index contributed by atoms with van der Waals surface area (Å²) in [6.07, 6.45) is -0.253. The zero-order chi connectivity index (χ0) is 10.7. The molecule has 76 valence electrons. The Kier molecular flexibility index (Phi) is 3.03. The highest BCUT2D eigenvalue weighted by Gasteiger charge is 2.17. The van der Waals surface area contributed by atoms with E-state index in [2.05, 4.69) is 4.98 Å². The van der Waals surface area contributed by atoms with Gasteiger partial charge in [-0.25, -0.2) is 9.78 Å². The minimum absolute atomic E-state index is 0.246. The van der Waals surface area contributed by atoms with E-state index in [9.17, 15) is 9.90 Å².